The van der Waals surface area contributed by atoms with Crippen molar-refractivity contribution in [3.05, 3.63) is 71.8 Å². The molecular weight excluding hydrogens is 811 g/mol. The van der Waals surface area contributed by atoms with Gasteiger partial charge in [0.2, 0.25) is 11.8 Å². The number of carbonyl (C=O) groups excluding carboxylic acids is 4. The van der Waals surface area contributed by atoms with Gasteiger partial charge in [0.05, 0.1) is 18.0 Å². The van der Waals surface area contributed by atoms with Gasteiger partial charge in [-0.15, -0.1) is 0 Å². The number of aliphatic carboxylic acids is 2. The number of unbranched alkanes of at least 4 members (excludes halogenated alkanes) is 14. The van der Waals surface area contributed by atoms with Crippen LogP contribution in [0.1, 0.15) is 174 Å². The Hall–Kier alpha value is -5.10. The van der Waals surface area contributed by atoms with Crippen molar-refractivity contribution >= 4 is 59.2 Å². The third-order valence-corrected chi connectivity index (χ3v) is 11.3. The molecule has 2 aliphatic heterocycles. The number of hydrogen-bond acceptors (Lipinski definition) is 9. The summed E-state index contributed by atoms with van der Waals surface area (Å²) in [4.78, 5) is 71.4. The Kier molecular flexibility index (Phi) is 31.4. The van der Waals surface area contributed by atoms with Gasteiger partial charge in [-0.1, -0.05) is 162 Å². The molecule has 2 aromatic rings. The van der Waals surface area contributed by atoms with E-state index in [9.17, 15) is 28.8 Å². The van der Waals surface area contributed by atoms with E-state index in [1.807, 2.05) is 0 Å². The molecule has 0 radical (unpaired) electrons. The Bertz CT molecular complexity index is 1700. The van der Waals surface area contributed by atoms with Crippen molar-refractivity contribution < 1.29 is 43.7 Å². The second kappa shape index (κ2) is 35.3. The number of ether oxygens (including phenoxy) is 1. The highest BCUT2D eigenvalue weighted by atomic mass is 16.6. The lowest BCUT2D eigenvalue weighted by Crippen LogP contribution is -2.30. The molecule has 0 bridgehead atoms. The Morgan fingerprint density at radius 2 is 1.02 bits per heavy atom. The predicted molar refractivity (Wildman–Crippen MR) is 258 cm³/mol. The largest absolute Gasteiger partial charge is 0.478 e. The molecular formula is C52H79N3O9. The number of nitrogens with zero attached hydrogens (tertiary/aromatic N) is 2. The number of esters is 2. The topological polar surface area (TPSA) is 185 Å². The molecule has 2 aliphatic rings. The summed E-state index contributed by atoms with van der Waals surface area (Å²) in [7, 11) is 0. The summed E-state index contributed by atoms with van der Waals surface area (Å²) in [6, 6.07) is 13.8. The predicted octanol–water partition coefficient (Wildman–Crippen LogP) is 11.5. The zero-order valence-corrected chi connectivity index (χ0v) is 39.6. The Balaban J connectivity index is 0.000000481. The maximum Gasteiger partial charge on any atom is 0.328 e. The highest BCUT2D eigenvalue weighted by molar-refractivity contribution is 6.20. The number of hydrogen-bond donors (Lipinski definition) is 3. The lowest BCUT2D eigenvalue weighted by Gasteiger charge is -2.15. The van der Waals surface area contributed by atoms with E-state index in [1.54, 1.807) is 48.5 Å². The average Bonchev–Trinajstić information content (AvgIpc) is 3.76. The molecule has 2 amide bonds. The summed E-state index contributed by atoms with van der Waals surface area (Å²) in [5.74, 6) is -3.24. The first-order valence-corrected chi connectivity index (χ1v) is 23.9. The molecule has 2 heterocycles. The van der Waals surface area contributed by atoms with Crippen molar-refractivity contribution in [2.45, 2.75) is 163 Å². The maximum atomic E-state index is 12.7. The fourth-order valence-electron chi connectivity index (χ4n) is 7.33. The molecule has 356 valence electrons. The van der Waals surface area contributed by atoms with Gasteiger partial charge in [0.25, 0.3) is 0 Å². The first kappa shape index (κ1) is 56.9. The number of cyclic esters (lactones) is 2. The molecule has 0 saturated carbocycles. The van der Waals surface area contributed by atoms with Gasteiger partial charge >= 0.3 is 23.9 Å². The van der Waals surface area contributed by atoms with E-state index in [2.05, 4.69) is 44.3 Å². The molecule has 2 unspecified atom stereocenters. The fourth-order valence-corrected chi connectivity index (χ4v) is 7.33. The Morgan fingerprint density at radius 3 is 1.39 bits per heavy atom. The van der Waals surface area contributed by atoms with Crippen molar-refractivity contribution in [2.75, 3.05) is 30.3 Å². The molecule has 2 aromatic carbocycles. The van der Waals surface area contributed by atoms with Gasteiger partial charge in [0.15, 0.2) is 0 Å². The minimum Gasteiger partial charge on any atom is -0.478 e. The van der Waals surface area contributed by atoms with Gasteiger partial charge in [-0.3, -0.25) is 24.1 Å². The standard InChI is InChI=1S/C23H31NO4.C14H24O3.C9H9NO2.C6H15N/c1-2-3-4-5-6-7-8-9-10-19-17-21(25)24(23(19)28)20-14-11-18(12-15-20)13-16-22(26)27;1-2-3-4-5-6-7-8-9-10-12-11-13(15)17-14(12)16;10-8-4-1-7(2-5-8)3-6-9(11)12;1-4-7(5-2)6-3/h11-16,19H,2-10,17H2,1H3,(H,26,27);12H,2-11H2,1H3;1-6H,10H2,(H,11,12);4-6H2,1-3H3. The maximum absolute atomic E-state index is 12.7. The number of carbonyl (C=O) groups is 6. The van der Waals surface area contributed by atoms with Crippen molar-refractivity contribution in [3.8, 4) is 0 Å². The Labute approximate surface area is 383 Å². The van der Waals surface area contributed by atoms with E-state index in [1.165, 1.54) is 120 Å². The lowest BCUT2D eigenvalue weighted by atomic mass is 9.98. The van der Waals surface area contributed by atoms with Gasteiger partial charge in [-0.25, -0.2) is 9.59 Å². The number of imide groups is 1. The number of nitrogen functional groups attached to an aromatic ring is 1. The second-order valence-electron chi connectivity index (χ2n) is 16.4. The molecule has 12 nitrogen and oxygen atoms in total. The molecule has 64 heavy (non-hydrogen) atoms. The van der Waals surface area contributed by atoms with E-state index < -0.39 is 11.9 Å². The SMILES string of the molecule is CCCCCCCCCCC1CC(=O)N(c2ccc(C=CC(=O)O)cc2)C1=O.CCCCCCCCCCC1CC(=O)OC1=O.CCN(CC)CC.Nc1ccc(C=CC(=O)O)cc1. The first-order valence-electron chi connectivity index (χ1n) is 23.9. The monoisotopic (exact) mass is 890 g/mol. The minimum absolute atomic E-state index is 0.109. The van der Waals surface area contributed by atoms with Crippen LogP contribution in [-0.4, -0.2) is 70.4 Å². The first-order chi connectivity index (χ1) is 30.8. The molecule has 4 N–H and O–H groups in total. The third kappa shape index (κ3) is 25.9. The Morgan fingerprint density at radius 1 is 0.609 bits per heavy atom. The molecule has 2 fully saturated rings. The zero-order valence-electron chi connectivity index (χ0n) is 39.6. The highest BCUT2D eigenvalue weighted by Gasteiger charge is 2.39. The quantitative estimate of drug-likeness (QED) is 0.0204. The third-order valence-electron chi connectivity index (χ3n) is 11.3. The number of amides is 2. The van der Waals surface area contributed by atoms with E-state index in [0.717, 1.165) is 49.8 Å². The second-order valence-corrected chi connectivity index (χ2v) is 16.4. The summed E-state index contributed by atoms with van der Waals surface area (Å²) in [5.41, 5.74) is 8.20. The lowest BCUT2D eigenvalue weighted by molar-refractivity contribution is -0.153. The summed E-state index contributed by atoms with van der Waals surface area (Å²) >= 11 is 0. The molecule has 4 rings (SSSR count). The minimum atomic E-state index is -1.02. The highest BCUT2D eigenvalue weighted by Crippen LogP contribution is 2.30. The summed E-state index contributed by atoms with van der Waals surface area (Å²) in [6.07, 6.45) is 27.1. The summed E-state index contributed by atoms with van der Waals surface area (Å²) in [6.45, 7) is 14.6. The molecule has 0 spiro atoms. The van der Waals surface area contributed by atoms with Crippen LogP contribution in [0, 0.1) is 11.8 Å². The number of anilines is 2. The van der Waals surface area contributed by atoms with Crippen LogP contribution in [0.15, 0.2) is 60.7 Å². The van der Waals surface area contributed by atoms with Gasteiger partial charge < -0.3 is 25.6 Å². The van der Waals surface area contributed by atoms with E-state index in [4.69, 9.17) is 15.9 Å². The van der Waals surface area contributed by atoms with Gasteiger partial charge in [-0.05, 0) is 80.0 Å². The molecule has 12 heteroatoms. The average molecular weight is 890 g/mol. The van der Waals surface area contributed by atoms with Crippen molar-refractivity contribution in [2.24, 2.45) is 11.8 Å². The summed E-state index contributed by atoms with van der Waals surface area (Å²) in [5, 5.41) is 17.0. The van der Waals surface area contributed by atoms with Crippen LogP contribution in [0.25, 0.3) is 12.2 Å². The van der Waals surface area contributed by atoms with E-state index in [0.29, 0.717) is 23.4 Å². The van der Waals surface area contributed by atoms with Crippen LogP contribution in [-0.2, 0) is 33.5 Å². The van der Waals surface area contributed by atoms with E-state index >= 15 is 0 Å². The molecule has 0 aliphatic carbocycles. The molecule has 2 saturated heterocycles. The van der Waals surface area contributed by atoms with Gasteiger partial charge in [0, 0.05) is 30.2 Å². The number of benzene rings is 2. The zero-order chi connectivity index (χ0) is 47.5. The van der Waals surface area contributed by atoms with Crippen LogP contribution >= 0.6 is 0 Å². The van der Waals surface area contributed by atoms with Crippen LogP contribution < -0.4 is 10.6 Å². The normalized spacial score (nSPS) is 15.8. The number of carboxylic acids is 2. The number of carboxylic acid groups (broad SMARTS) is 2. The fraction of sp³-hybridized carbons (Fsp3) is 0.577. The van der Waals surface area contributed by atoms with Crippen molar-refractivity contribution in [1.29, 1.82) is 0 Å². The van der Waals surface area contributed by atoms with Crippen LogP contribution in [0.2, 0.25) is 0 Å². The van der Waals surface area contributed by atoms with Crippen LogP contribution in [0.3, 0.4) is 0 Å². The molecule has 2 atom stereocenters. The molecule has 0 aromatic heterocycles. The number of nitrogens with two attached hydrogens (primary N) is 1. The van der Waals surface area contributed by atoms with Crippen LogP contribution in [0.4, 0.5) is 11.4 Å². The van der Waals surface area contributed by atoms with Gasteiger partial charge in [0.1, 0.15) is 0 Å². The number of rotatable bonds is 26. The van der Waals surface area contributed by atoms with Gasteiger partial charge in [-0.2, -0.15) is 0 Å². The van der Waals surface area contributed by atoms with Crippen molar-refractivity contribution in [1.82, 2.24) is 4.90 Å². The van der Waals surface area contributed by atoms with E-state index in [-0.39, 0.29) is 42.0 Å². The van der Waals surface area contributed by atoms with Crippen molar-refractivity contribution in [3.63, 3.8) is 0 Å². The smallest absolute Gasteiger partial charge is 0.328 e. The summed E-state index contributed by atoms with van der Waals surface area (Å²) < 4.78 is 4.52. The van der Waals surface area contributed by atoms with Crippen LogP contribution in [0.5, 0.6) is 0 Å².